The Kier molecular flexibility index (Phi) is 7.16. The summed E-state index contributed by atoms with van der Waals surface area (Å²) in [5, 5.41) is 13.2. The van der Waals surface area contributed by atoms with Crippen LogP contribution in [0, 0.1) is 6.92 Å². The summed E-state index contributed by atoms with van der Waals surface area (Å²) >= 11 is 1.26. The Morgan fingerprint density at radius 3 is 2.76 bits per heavy atom. The van der Waals surface area contributed by atoms with Crippen molar-refractivity contribution in [2.24, 2.45) is 5.10 Å². The third-order valence-electron chi connectivity index (χ3n) is 4.43. The van der Waals surface area contributed by atoms with Crippen molar-refractivity contribution in [1.82, 2.24) is 25.2 Å². The van der Waals surface area contributed by atoms with E-state index in [1.54, 1.807) is 18.5 Å². The predicted octanol–water partition coefficient (Wildman–Crippen LogP) is 3.87. The lowest BCUT2D eigenvalue weighted by molar-refractivity contribution is -0.118. The number of hydrogen-bond donors (Lipinski definition) is 1. The maximum absolute atomic E-state index is 12.3. The van der Waals surface area contributed by atoms with Crippen molar-refractivity contribution < 1.29 is 13.9 Å². The van der Waals surface area contributed by atoms with Crippen LogP contribution in [0.5, 0.6) is 5.75 Å². The first-order valence-electron chi connectivity index (χ1n) is 10.2. The van der Waals surface area contributed by atoms with Crippen LogP contribution in [0.1, 0.15) is 18.4 Å². The monoisotopic (exact) mass is 462 g/mol. The van der Waals surface area contributed by atoms with E-state index >= 15 is 0 Å². The molecule has 10 heteroatoms. The second-order valence-corrected chi connectivity index (χ2v) is 7.78. The van der Waals surface area contributed by atoms with Gasteiger partial charge >= 0.3 is 0 Å². The van der Waals surface area contributed by atoms with Gasteiger partial charge in [0.05, 0.1) is 18.6 Å². The van der Waals surface area contributed by atoms with Crippen LogP contribution < -0.4 is 10.2 Å². The average Bonchev–Trinajstić information content (AvgIpc) is 3.45. The molecule has 3 heterocycles. The van der Waals surface area contributed by atoms with E-state index in [-0.39, 0.29) is 11.7 Å². The first-order chi connectivity index (χ1) is 16.1. The zero-order valence-electron chi connectivity index (χ0n) is 18.1. The van der Waals surface area contributed by atoms with Crippen molar-refractivity contribution in [3.05, 3.63) is 72.4 Å². The van der Waals surface area contributed by atoms with E-state index in [0.29, 0.717) is 23.3 Å². The number of thioether (sulfide) groups is 1. The molecule has 0 aliphatic heterocycles. The van der Waals surface area contributed by atoms with Crippen LogP contribution in [0.4, 0.5) is 0 Å². The number of rotatable bonds is 9. The highest BCUT2D eigenvalue weighted by Crippen LogP contribution is 2.28. The molecule has 1 aromatic carbocycles. The first kappa shape index (κ1) is 22.3. The molecule has 4 aromatic rings. The molecule has 0 fully saturated rings. The van der Waals surface area contributed by atoms with Gasteiger partial charge in [0.2, 0.25) is 0 Å². The van der Waals surface area contributed by atoms with E-state index in [0.717, 1.165) is 22.8 Å². The Balaban J connectivity index is 1.52. The molecule has 9 nitrogen and oxygen atoms in total. The highest BCUT2D eigenvalue weighted by molar-refractivity contribution is 7.99. The number of hydrazone groups is 1. The van der Waals surface area contributed by atoms with Gasteiger partial charge in [0.1, 0.15) is 17.3 Å². The van der Waals surface area contributed by atoms with Crippen molar-refractivity contribution >= 4 is 23.9 Å². The van der Waals surface area contributed by atoms with E-state index in [9.17, 15) is 4.79 Å². The fourth-order valence-corrected chi connectivity index (χ4v) is 3.73. The van der Waals surface area contributed by atoms with Gasteiger partial charge in [-0.3, -0.25) is 14.3 Å². The Hall–Kier alpha value is -3.92. The van der Waals surface area contributed by atoms with Crippen molar-refractivity contribution in [3.8, 4) is 22.8 Å². The van der Waals surface area contributed by atoms with Crippen molar-refractivity contribution in [1.29, 1.82) is 0 Å². The van der Waals surface area contributed by atoms with Gasteiger partial charge < -0.3 is 9.15 Å². The second kappa shape index (κ2) is 10.6. The van der Waals surface area contributed by atoms with E-state index in [1.807, 2.05) is 60.9 Å². The van der Waals surface area contributed by atoms with Gasteiger partial charge in [0.25, 0.3) is 5.91 Å². The van der Waals surface area contributed by atoms with Gasteiger partial charge in [-0.1, -0.05) is 11.8 Å². The number of pyridine rings is 1. The van der Waals surface area contributed by atoms with E-state index in [4.69, 9.17) is 9.15 Å². The predicted molar refractivity (Wildman–Crippen MR) is 126 cm³/mol. The van der Waals surface area contributed by atoms with E-state index < -0.39 is 0 Å². The van der Waals surface area contributed by atoms with Crippen LogP contribution >= 0.6 is 11.8 Å². The third-order valence-corrected chi connectivity index (χ3v) is 5.36. The fraction of sp³-hybridized carbons (Fsp3) is 0.174. The summed E-state index contributed by atoms with van der Waals surface area (Å²) in [7, 11) is 0. The average molecular weight is 463 g/mol. The first-order valence-corrected chi connectivity index (χ1v) is 11.2. The number of benzene rings is 1. The Labute approximate surface area is 194 Å². The van der Waals surface area contributed by atoms with Crippen LogP contribution in [0.3, 0.4) is 0 Å². The van der Waals surface area contributed by atoms with Crippen LogP contribution in [-0.4, -0.2) is 44.2 Å². The number of nitrogens with one attached hydrogen (secondary N) is 1. The topological polar surface area (TPSA) is 107 Å². The highest BCUT2D eigenvalue weighted by Gasteiger charge is 2.17. The summed E-state index contributed by atoms with van der Waals surface area (Å²) < 4.78 is 12.8. The minimum absolute atomic E-state index is 0.108. The van der Waals surface area contributed by atoms with Crippen molar-refractivity contribution in [3.63, 3.8) is 0 Å². The molecule has 1 N–H and O–H groups in total. The summed E-state index contributed by atoms with van der Waals surface area (Å²) in [6.45, 7) is 4.37. The normalized spacial score (nSPS) is 11.1. The molecule has 0 atom stereocenters. The molecule has 3 aromatic heterocycles. The number of nitrogens with zero attached hydrogens (tertiary/aromatic N) is 5. The Bertz CT molecular complexity index is 1230. The number of carbonyl (C=O) groups is 1. The second-order valence-electron chi connectivity index (χ2n) is 6.84. The number of furan rings is 1. The molecule has 1 amide bonds. The zero-order valence-corrected chi connectivity index (χ0v) is 19.0. The van der Waals surface area contributed by atoms with E-state index in [2.05, 4.69) is 25.7 Å². The molecule has 0 radical (unpaired) electrons. The minimum atomic E-state index is -0.274. The molecule has 4 rings (SSSR count). The van der Waals surface area contributed by atoms with Crippen LogP contribution in [0.25, 0.3) is 17.1 Å². The van der Waals surface area contributed by atoms with Gasteiger partial charge in [-0.2, -0.15) is 5.10 Å². The molecule has 0 aliphatic carbocycles. The lowest BCUT2D eigenvalue weighted by Crippen LogP contribution is -2.19. The van der Waals surface area contributed by atoms with Crippen molar-refractivity contribution in [2.45, 2.75) is 19.0 Å². The maximum atomic E-state index is 12.3. The van der Waals surface area contributed by atoms with Gasteiger partial charge in [0, 0.05) is 23.6 Å². The number of aryl methyl sites for hydroxylation is 1. The quantitative estimate of drug-likeness (QED) is 0.229. The summed E-state index contributed by atoms with van der Waals surface area (Å²) in [5.41, 5.74) is 4.15. The lowest BCUT2D eigenvalue weighted by atomic mass is 10.2. The van der Waals surface area contributed by atoms with Gasteiger partial charge in [-0.25, -0.2) is 5.43 Å². The van der Waals surface area contributed by atoms with Gasteiger partial charge in [-0.15, -0.1) is 10.2 Å². The van der Waals surface area contributed by atoms with Crippen molar-refractivity contribution in [2.75, 3.05) is 12.4 Å². The molecule has 0 bridgehead atoms. The summed E-state index contributed by atoms with van der Waals surface area (Å²) in [6, 6.07) is 15.0. The largest absolute Gasteiger partial charge is 0.494 e. The molecule has 0 aliphatic rings. The maximum Gasteiger partial charge on any atom is 0.250 e. The number of amides is 1. The SMILES string of the molecule is CCOc1ccc(-n2c(SCC(=O)N/N=C/c3ccc(C)o3)nnc2-c2cccnc2)cc1. The molecular weight excluding hydrogens is 440 g/mol. The molecule has 0 saturated carbocycles. The third kappa shape index (κ3) is 5.66. The molecule has 0 saturated heterocycles. The summed E-state index contributed by atoms with van der Waals surface area (Å²) in [4.78, 5) is 16.5. The molecular formula is C23H22N6O3S. The standard InChI is InChI=1S/C23H22N6O3S/c1-3-31-19-10-7-18(8-11-19)29-22(17-5-4-12-24-13-17)27-28-23(29)33-15-21(30)26-25-14-20-9-6-16(2)32-20/h4-14H,3,15H2,1-2H3,(H,26,30)/b25-14+. The molecule has 0 spiro atoms. The smallest absolute Gasteiger partial charge is 0.250 e. The summed E-state index contributed by atoms with van der Waals surface area (Å²) in [6.07, 6.45) is 4.88. The van der Waals surface area contributed by atoms with Gasteiger partial charge in [-0.05, 0) is 62.4 Å². The number of aromatic nitrogens is 4. The Morgan fingerprint density at radius 1 is 1.21 bits per heavy atom. The van der Waals surface area contributed by atoms with E-state index in [1.165, 1.54) is 18.0 Å². The van der Waals surface area contributed by atoms with Gasteiger partial charge in [0.15, 0.2) is 11.0 Å². The fourth-order valence-electron chi connectivity index (χ4n) is 2.99. The number of carbonyl (C=O) groups excluding carboxylic acids is 1. The number of hydrogen-bond acceptors (Lipinski definition) is 8. The Morgan fingerprint density at radius 2 is 2.06 bits per heavy atom. The molecule has 33 heavy (non-hydrogen) atoms. The zero-order chi connectivity index (χ0) is 23.0. The highest BCUT2D eigenvalue weighted by atomic mass is 32.2. The number of ether oxygens (including phenoxy) is 1. The molecule has 168 valence electrons. The minimum Gasteiger partial charge on any atom is -0.494 e. The van der Waals surface area contributed by atoms with Crippen LogP contribution in [-0.2, 0) is 4.79 Å². The summed E-state index contributed by atoms with van der Waals surface area (Å²) in [5.74, 6) is 2.57. The lowest BCUT2D eigenvalue weighted by Gasteiger charge is -2.11. The van der Waals surface area contributed by atoms with Crippen LogP contribution in [0.2, 0.25) is 0 Å². The van der Waals surface area contributed by atoms with Crippen LogP contribution in [0.15, 0.2) is 75.6 Å². The molecule has 0 unspecified atom stereocenters.